The molecule has 2 aliphatic rings. The fourth-order valence-electron chi connectivity index (χ4n) is 3.56. The molecule has 1 saturated carbocycles. The topological polar surface area (TPSA) is 67.8 Å². The van der Waals surface area contributed by atoms with Gasteiger partial charge in [0.15, 0.2) is 0 Å². The molecule has 1 aromatic carbocycles. The molecule has 1 aromatic rings. The molecular weight excluding hydrogens is 325 g/mol. The normalized spacial score (nSPS) is 28.9. The second-order valence-corrected chi connectivity index (χ2v) is 6.92. The smallest absolute Gasteiger partial charge is 0.220 e. The van der Waals surface area contributed by atoms with Gasteiger partial charge in [0.05, 0.1) is 12.2 Å². The molecule has 1 aliphatic carbocycles. The van der Waals surface area contributed by atoms with E-state index in [1.165, 1.54) is 12.1 Å². The van der Waals surface area contributed by atoms with Crippen molar-refractivity contribution in [3.05, 3.63) is 30.1 Å². The summed E-state index contributed by atoms with van der Waals surface area (Å²) in [7, 11) is 0. The average molecular weight is 351 g/mol. The zero-order chi connectivity index (χ0) is 17.6. The van der Waals surface area contributed by atoms with Gasteiger partial charge in [-0.3, -0.25) is 4.79 Å². The van der Waals surface area contributed by atoms with Crippen molar-refractivity contribution < 1.29 is 23.8 Å². The predicted molar refractivity (Wildman–Crippen MR) is 90.8 cm³/mol. The Bertz CT molecular complexity index is 559. The Kier molecular flexibility index (Phi) is 6.26. The van der Waals surface area contributed by atoms with Gasteiger partial charge in [0, 0.05) is 25.5 Å². The van der Waals surface area contributed by atoms with Crippen LogP contribution in [0.1, 0.15) is 38.5 Å². The van der Waals surface area contributed by atoms with E-state index in [1.54, 1.807) is 12.1 Å². The summed E-state index contributed by atoms with van der Waals surface area (Å²) >= 11 is 0. The van der Waals surface area contributed by atoms with Gasteiger partial charge in [0.2, 0.25) is 5.91 Å². The summed E-state index contributed by atoms with van der Waals surface area (Å²) in [6.45, 7) is 1.25. The summed E-state index contributed by atoms with van der Waals surface area (Å²) in [6.07, 6.45) is 4.11. The van der Waals surface area contributed by atoms with Crippen LogP contribution in [0, 0.1) is 11.7 Å². The first kappa shape index (κ1) is 18.1. The minimum atomic E-state index is -0.636. The van der Waals surface area contributed by atoms with Crippen LogP contribution in [0.5, 0.6) is 5.75 Å². The summed E-state index contributed by atoms with van der Waals surface area (Å²) < 4.78 is 24.2. The fraction of sp³-hybridized carbons (Fsp3) is 0.632. The highest BCUT2D eigenvalue weighted by atomic mass is 19.1. The van der Waals surface area contributed by atoms with E-state index in [2.05, 4.69) is 5.32 Å². The second-order valence-electron chi connectivity index (χ2n) is 6.92. The molecule has 1 heterocycles. The van der Waals surface area contributed by atoms with Crippen LogP contribution in [-0.2, 0) is 9.53 Å². The molecule has 2 N–H and O–H groups in total. The number of amides is 1. The van der Waals surface area contributed by atoms with E-state index in [4.69, 9.17) is 9.47 Å². The average Bonchev–Trinajstić information content (AvgIpc) is 3.24. The van der Waals surface area contributed by atoms with E-state index in [-0.39, 0.29) is 29.9 Å². The number of carbonyl (C=O) groups is 1. The van der Waals surface area contributed by atoms with Crippen LogP contribution in [0.3, 0.4) is 0 Å². The number of hydrogen-bond acceptors (Lipinski definition) is 4. The van der Waals surface area contributed by atoms with Crippen LogP contribution in [0.25, 0.3) is 0 Å². The lowest BCUT2D eigenvalue weighted by molar-refractivity contribution is -0.122. The Balaban J connectivity index is 1.38. The Labute approximate surface area is 147 Å². The van der Waals surface area contributed by atoms with E-state index in [9.17, 15) is 14.3 Å². The van der Waals surface area contributed by atoms with Crippen molar-refractivity contribution in [1.29, 1.82) is 0 Å². The Morgan fingerprint density at radius 1 is 1.28 bits per heavy atom. The third kappa shape index (κ3) is 5.16. The summed E-state index contributed by atoms with van der Waals surface area (Å²) in [6, 6.07) is 5.79. The number of hydrogen-bond donors (Lipinski definition) is 2. The van der Waals surface area contributed by atoms with Crippen LogP contribution < -0.4 is 10.1 Å². The number of benzene rings is 1. The number of carbonyl (C=O) groups excluding carboxylic acids is 1. The van der Waals surface area contributed by atoms with E-state index >= 15 is 0 Å². The van der Waals surface area contributed by atoms with Crippen molar-refractivity contribution in [3.63, 3.8) is 0 Å². The number of halogens is 1. The first-order valence-electron chi connectivity index (χ1n) is 9.10. The van der Waals surface area contributed by atoms with Crippen LogP contribution in [0.15, 0.2) is 24.3 Å². The van der Waals surface area contributed by atoms with Crippen LogP contribution >= 0.6 is 0 Å². The summed E-state index contributed by atoms with van der Waals surface area (Å²) in [5.74, 6) is 0.220. The van der Waals surface area contributed by atoms with Gasteiger partial charge >= 0.3 is 0 Å². The van der Waals surface area contributed by atoms with Gasteiger partial charge < -0.3 is 19.9 Å². The minimum absolute atomic E-state index is 0.00519. The quantitative estimate of drug-likeness (QED) is 0.792. The molecule has 1 aliphatic heterocycles. The zero-order valence-electron chi connectivity index (χ0n) is 14.3. The monoisotopic (exact) mass is 351 g/mol. The molecule has 1 amide bonds. The van der Waals surface area contributed by atoms with Crippen LogP contribution in [0.4, 0.5) is 4.39 Å². The second kappa shape index (κ2) is 8.63. The third-order valence-corrected chi connectivity index (χ3v) is 5.07. The number of ether oxygens (including phenoxy) is 2. The van der Waals surface area contributed by atoms with Crippen molar-refractivity contribution in [1.82, 2.24) is 5.32 Å². The predicted octanol–water partition coefficient (Wildman–Crippen LogP) is 2.42. The largest absolute Gasteiger partial charge is 0.488 e. The molecule has 5 nitrogen and oxygen atoms in total. The van der Waals surface area contributed by atoms with Crippen molar-refractivity contribution in [2.45, 2.75) is 56.8 Å². The Morgan fingerprint density at radius 3 is 2.80 bits per heavy atom. The highest BCUT2D eigenvalue weighted by molar-refractivity contribution is 5.75. The lowest BCUT2D eigenvalue weighted by Gasteiger charge is -2.21. The van der Waals surface area contributed by atoms with Crippen molar-refractivity contribution >= 4 is 5.91 Å². The third-order valence-electron chi connectivity index (χ3n) is 5.07. The van der Waals surface area contributed by atoms with E-state index in [0.29, 0.717) is 18.7 Å². The van der Waals surface area contributed by atoms with Gasteiger partial charge in [0.1, 0.15) is 17.7 Å². The van der Waals surface area contributed by atoms with Crippen LogP contribution in [-0.4, -0.2) is 42.5 Å². The highest BCUT2D eigenvalue weighted by Crippen LogP contribution is 2.29. The molecule has 0 spiro atoms. The molecule has 138 valence electrons. The molecule has 6 heteroatoms. The molecule has 2 fully saturated rings. The molecule has 0 radical (unpaired) electrons. The Hall–Kier alpha value is -1.66. The highest BCUT2D eigenvalue weighted by Gasteiger charge is 2.36. The first-order valence-corrected chi connectivity index (χ1v) is 9.10. The lowest BCUT2D eigenvalue weighted by atomic mass is 10.1. The molecule has 0 unspecified atom stereocenters. The van der Waals surface area contributed by atoms with Crippen molar-refractivity contribution in [2.24, 2.45) is 5.92 Å². The number of aliphatic hydroxyl groups excluding tert-OH is 1. The van der Waals surface area contributed by atoms with Gasteiger partial charge in [-0.15, -0.1) is 0 Å². The number of rotatable bonds is 7. The molecule has 25 heavy (non-hydrogen) atoms. The van der Waals surface area contributed by atoms with Gasteiger partial charge in [-0.25, -0.2) is 4.39 Å². The van der Waals surface area contributed by atoms with Gasteiger partial charge in [-0.05, 0) is 56.4 Å². The molecule has 0 aromatic heterocycles. The standard InChI is InChI=1S/C19H26FNO4/c20-14-4-6-16(7-5-14)25-17-9-3-13(19(17)23)12-21-18(22)10-8-15-2-1-11-24-15/h4-7,13,15,17,19,23H,1-3,8-12H2,(H,21,22)/t13-,15-,17-,19-/m1/s1. The first-order chi connectivity index (χ1) is 12.1. The molecular formula is C19H26FNO4. The lowest BCUT2D eigenvalue weighted by Crippen LogP contribution is -2.37. The van der Waals surface area contributed by atoms with Gasteiger partial charge in [0.25, 0.3) is 0 Å². The Morgan fingerprint density at radius 2 is 2.08 bits per heavy atom. The molecule has 4 atom stereocenters. The summed E-state index contributed by atoms with van der Waals surface area (Å²) in [4.78, 5) is 12.0. The summed E-state index contributed by atoms with van der Waals surface area (Å²) in [5, 5.41) is 13.3. The molecule has 1 saturated heterocycles. The van der Waals surface area contributed by atoms with E-state index < -0.39 is 6.10 Å². The fourth-order valence-corrected chi connectivity index (χ4v) is 3.56. The van der Waals surface area contributed by atoms with Crippen LogP contribution in [0.2, 0.25) is 0 Å². The SMILES string of the molecule is O=C(CC[C@H]1CCCO1)NC[C@H]1CC[C@@H](Oc2ccc(F)cc2)[C@@H]1O. The number of aliphatic hydroxyl groups is 1. The zero-order valence-corrected chi connectivity index (χ0v) is 14.3. The van der Waals surface area contributed by atoms with Crippen molar-refractivity contribution in [2.75, 3.05) is 13.2 Å². The minimum Gasteiger partial charge on any atom is -0.488 e. The maximum absolute atomic E-state index is 12.9. The van der Waals surface area contributed by atoms with Gasteiger partial charge in [-0.2, -0.15) is 0 Å². The van der Waals surface area contributed by atoms with E-state index in [0.717, 1.165) is 38.7 Å². The number of nitrogens with one attached hydrogen (secondary N) is 1. The maximum Gasteiger partial charge on any atom is 0.220 e. The van der Waals surface area contributed by atoms with Gasteiger partial charge in [-0.1, -0.05) is 0 Å². The summed E-state index contributed by atoms with van der Waals surface area (Å²) in [5.41, 5.74) is 0. The van der Waals surface area contributed by atoms with E-state index in [1.807, 2.05) is 0 Å². The maximum atomic E-state index is 12.9. The van der Waals surface area contributed by atoms with Crippen molar-refractivity contribution in [3.8, 4) is 5.75 Å². The molecule has 0 bridgehead atoms. The molecule has 3 rings (SSSR count).